The minimum Gasteiger partial charge on any atom is -0.326 e. The summed E-state index contributed by atoms with van der Waals surface area (Å²) >= 11 is 0. The van der Waals surface area contributed by atoms with Gasteiger partial charge in [0, 0.05) is 26.2 Å². The number of rotatable bonds is 6. The maximum atomic E-state index is 12.5. The highest BCUT2D eigenvalue weighted by molar-refractivity contribution is 5.77. The number of fused-ring (bicyclic) bond motifs is 2. The molecule has 0 amide bonds. The van der Waals surface area contributed by atoms with E-state index in [1.54, 1.807) is 0 Å². The van der Waals surface area contributed by atoms with E-state index >= 15 is 0 Å². The summed E-state index contributed by atoms with van der Waals surface area (Å²) in [6.07, 6.45) is 0. The molecular weight excluding hydrogens is 376 g/mol. The Morgan fingerprint density at radius 2 is 1.83 bits per heavy atom. The Morgan fingerprint density at radius 1 is 1.13 bits per heavy atom. The monoisotopic (exact) mass is 402 g/mol. The highest BCUT2D eigenvalue weighted by Crippen LogP contribution is 2.36. The molecular formula is C23H26N6O. The number of aromatic amines is 1. The summed E-state index contributed by atoms with van der Waals surface area (Å²) in [6, 6.07) is 12.4. The van der Waals surface area contributed by atoms with Gasteiger partial charge in [-0.05, 0) is 48.2 Å². The lowest BCUT2D eigenvalue weighted by Gasteiger charge is -2.28. The van der Waals surface area contributed by atoms with Crippen molar-refractivity contribution in [3.63, 3.8) is 0 Å². The lowest BCUT2D eigenvalue weighted by molar-refractivity contribution is 0.682. The van der Waals surface area contributed by atoms with Gasteiger partial charge in [-0.15, -0.1) is 0 Å². The highest BCUT2D eigenvalue weighted by Gasteiger charge is 2.23. The number of H-pyrrole nitrogens is 1. The van der Waals surface area contributed by atoms with Crippen LogP contribution >= 0.6 is 0 Å². The molecule has 0 aliphatic carbocycles. The molecule has 7 heteroatoms. The summed E-state index contributed by atoms with van der Waals surface area (Å²) in [5.41, 5.74) is 12.1. The minimum atomic E-state index is -0.271. The molecule has 0 saturated carbocycles. The molecule has 0 bridgehead atoms. The van der Waals surface area contributed by atoms with Crippen molar-refractivity contribution in [3.8, 4) is 0 Å². The normalized spacial score (nSPS) is 12.3. The van der Waals surface area contributed by atoms with Crippen LogP contribution in [-0.4, -0.2) is 23.1 Å². The molecule has 4 rings (SSSR count). The summed E-state index contributed by atoms with van der Waals surface area (Å²) in [6.45, 7) is 10.6. The van der Waals surface area contributed by atoms with E-state index in [1.165, 1.54) is 11.1 Å². The fourth-order valence-electron chi connectivity index (χ4n) is 3.56. The molecule has 0 unspecified atom stereocenters. The summed E-state index contributed by atoms with van der Waals surface area (Å²) in [5, 5.41) is 3.80. The Bertz CT molecular complexity index is 1250. The molecule has 30 heavy (non-hydrogen) atoms. The van der Waals surface area contributed by atoms with Gasteiger partial charge in [0.2, 0.25) is 0 Å². The number of nitrogens with zero attached hydrogens (tertiary/aromatic N) is 3. The summed E-state index contributed by atoms with van der Waals surface area (Å²) < 4.78 is 0. The average Bonchev–Trinajstić information content (AvgIpc) is 2.73. The fourth-order valence-corrected chi connectivity index (χ4v) is 3.56. The number of hydrogen-bond donors (Lipinski definition) is 3. The predicted molar refractivity (Wildman–Crippen MR) is 120 cm³/mol. The van der Waals surface area contributed by atoms with Crippen LogP contribution in [0.3, 0.4) is 0 Å². The van der Waals surface area contributed by atoms with Gasteiger partial charge < -0.3 is 20.9 Å². The van der Waals surface area contributed by atoms with Crippen molar-refractivity contribution in [2.45, 2.75) is 26.9 Å². The zero-order valence-corrected chi connectivity index (χ0v) is 17.3. The van der Waals surface area contributed by atoms with Crippen molar-refractivity contribution >= 4 is 23.8 Å². The van der Waals surface area contributed by atoms with E-state index in [0.717, 1.165) is 29.0 Å². The molecule has 0 fully saturated rings. The van der Waals surface area contributed by atoms with Crippen molar-refractivity contribution in [1.29, 1.82) is 0 Å². The van der Waals surface area contributed by atoms with Crippen molar-refractivity contribution in [2.75, 3.05) is 18.0 Å². The van der Waals surface area contributed by atoms with Crippen molar-refractivity contribution in [2.24, 2.45) is 10.7 Å². The molecule has 1 aliphatic heterocycles. The van der Waals surface area contributed by atoms with Gasteiger partial charge in [0.25, 0.3) is 5.56 Å². The van der Waals surface area contributed by atoms with E-state index < -0.39 is 0 Å². The van der Waals surface area contributed by atoms with Crippen molar-refractivity contribution < 1.29 is 0 Å². The Balaban J connectivity index is 1.59. The van der Waals surface area contributed by atoms with Gasteiger partial charge in [-0.2, -0.15) is 0 Å². The summed E-state index contributed by atoms with van der Waals surface area (Å²) in [4.78, 5) is 26.3. The van der Waals surface area contributed by atoms with E-state index in [2.05, 4.69) is 56.9 Å². The SMILES string of the molecule is C=c1nc2c(c(=O)[nH]1)=Nc1cc(C)c(C)cc1N2CCNCc1ccc(CN)cc1. The molecule has 7 nitrogen and oxygen atoms in total. The topological polar surface area (TPSA) is 99.4 Å². The van der Waals surface area contributed by atoms with Gasteiger partial charge in [-0.3, -0.25) is 4.79 Å². The molecule has 1 aliphatic rings. The Morgan fingerprint density at radius 3 is 2.57 bits per heavy atom. The van der Waals surface area contributed by atoms with Gasteiger partial charge in [-0.1, -0.05) is 30.8 Å². The van der Waals surface area contributed by atoms with Crippen LogP contribution in [0.15, 0.2) is 46.2 Å². The van der Waals surface area contributed by atoms with Crippen LogP contribution in [0.1, 0.15) is 22.3 Å². The molecule has 0 spiro atoms. The first-order chi connectivity index (χ1) is 14.5. The van der Waals surface area contributed by atoms with E-state index in [9.17, 15) is 4.79 Å². The molecule has 1 aromatic heterocycles. The zero-order chi connectivity index (χ0) is 21.3. The second-order valence-corrected chi connectivity index (χ2v) is 7.57. The van der Waals surface area contributed by atoms with E-state index in [0.29, 0.717) is 36.3 Å². The third kappa shape index (κ3) is 3.90. The fraction of sp³-hybridized carbons (Fsp3) is 0.261. The highest BCUT2D eigenvalue weighted by atomic mass is 16.1. The first-order valence-electron chi connectivity index (χ1n) is 10.0. The van der Waals surface area contributed by atoms with Crippen LogP contribution in [-0.2, 0) is 13.1 Å². The number of aromatic nitrogens is 2. The zero-order valence-electron chi connectivity index (χ0n) is 17.3. The second kappa shape index (κ2) is 8.22. The smallest absolute Gasteiger partial charge is 0.279 e. The number of nitrogens with one attached hydrogen (secondary N) is 2. The molecule has 2 heterocycles. The third-order valence-corrected chi connectivity index (χ3v) is 5.40. The predicted octanol–water partition coefficient (Wildman–Crippen LogP) is 1.45. The molecule has 4 N–H and O–H groups in total. The molecule has 154 valence electrons. The summed E-state index contributed by atoms with van der Waals surface area (Å²) in [7, 11) is 0. The lowest BCUT2D eigenvalue weighted by atomic mass is 10.1. The van der Waals surface area contributed by atoms with E-state index in [1.807, 2.05) is 25.1 Å². The Kier molecular flexibility index (Phi) is 5.48. The second-order valence-electron chi connectivity index (χ2n) is 7.57. The van der Waals surface area contributed by atoms with Gasteiger partial charge in [0.1, 0.15) is 5.48 Å². The van der Waals surface area contributed by atoms with Crippen LogP contribution in [0.5, 0.6) is 0 Å². The standard InChI is InChI=1S/C23H26N6O/c1-14-10-19-20(11-15(14)2)29(22-21(28-19)23(30)27-16(3)26-22)9-8-25-13-18-6-4-17(12-24)5-7-18/h4-7,10-11,25H,3,8-9,12-13,24H2,1-2H3,(H,27,30). The lowest BCUT2D eigenvalue weighted by Crippen LogP contribution is -2.43. The van der Waals surface area contributed by atoms with Gasteiger partial charge in [0.05, 0.1) is 11.4 Å². The minimum absolute atomic E-state index is 0.271. The number of aryl methyl sites for hydroxylation is 2. The number of benzene rings is 2. The number of hydrogen-bond acceptors (Lipinski definition) is 6. The van der Waals surface area contributed by atoms with Crippen LogP contribution in [0.2, 0.25) is 0 Å². The molecule has 3 aromatic rings. The largest absolute Gasteiger partial charge is 0.326 e. The number of anilines is 2. The van der Waals surface area contributed by atoms with Gasteiger partial charge in [0.15, 0.2) is 11.2 Å². The molecule has 0 atom stereocenters. The van der Waals surface area contributed by atoms with E-state index in [-0.39, 0.29) is 5.56 Å². The quantitative estimate of drug-likeness (QED) is 0.542. The molecule has 2 aromatic carbocycles. The Hall–Kier alpha value is -3.29. The average molecular weight is 403 g/mol. The van der Waals surface area contributed by atoms with Crippen LogP contribution in [0.25, 0.3) is 6.58 Å². The summed E-state index contributed by atoms with van der Waals surface area (Å²) in [5.74, 6) is 0.550. The molecule has 0 radical (unpaired) electrons. The van der Waals surface area contributed by atoms with Crippen LogP contribution in [0.4, 0.5) is 17.2 Å². The number of nitrogens with two attached hydrogens (primary N) is 1. The Labute approximate surface area is 175 Å². The van der Waals surface area contributed by atoms with Crippen molar-refractivity contribution in [1.82, 2.24) is 15.3 Å². The third-order valence-electron chi connectivity index (χ3n) is 5.40. The maximum Gasteiger partial charge on any atom is 0.279 e. The van der Waals surface area contributed by atoms with Crippen molar-refractivity contribution in [3.05, 3.63) is 79.8 Å². The van der Waals surface area contributed by atoms with Crippen LogP contribution in [0, 0.1) is 13.8 Å². The maximum absolute atomic E-state index is 12.5. The first-order valence-corrected chi connectivity index (χ1v) is 10.0. The molecule has 0 saturated heterocycles. The van der Waals surface area contributed by atoms with Gasteiger partial charge in [-0.25, -0.2) is 9.98 Å². The van der Waals surface area contributed by atoms with E-state index in [4.69, 9.17) is 5.73 Å². The first kappa shape index (κ1) is 20.0. The van der Waals surface area contributed by atoms with Crippen LogP contribution < -0.4 is 32.3 Å². The van der Waals surface area contributed by atoms with Gasteiger partial charge >= 0.3 is 0 Å².